The van der Waals surface area contributed by atoms with Crippen LogP contribution in [0.15, 0.2) is 35.5 Å². The molecule has 0 fully saturated rings. The number of amides is 2. The molecule has 92 valence electrons. The molecule has 0 aromatic heterocycles. The number of nitrogens with two attached hydrogens (primary N) is 1. The molecule has 0 aliphatic heterocycles. The Bertz CT molecular complexity index is 392. The Morgan fingerprint density at radius 2 is 2.12 bits per heavy atom. The second kappa shape index (κ2) is 6.37. The molecule has 1 rings (SSSR count). The molecule has 0 heterocycles. The van der Waals surface area contributed by atoms with E-state index >= 15 is 0 Å². The summed E-state index contributed by atoms with van der Waals surface area (Å²) in [6.07, 6.45) is 0. The quantitative estimate of drug-likeness (QED) is 0.267. The maximum Gasteiger partial charge on any atom is 0.315 e. The Labute approximate surface area is 99.5 Å². The molecule has 0 aliphatic rings. The van der Waals surface area contributed by atoms with E-state index in [1.165, 1.54) is 0 Å². The lowest BCUT2D eigenvalue weighted by atomic mass is 10.2. The Hall–Kier alpha value is -2.24. The number of nitrogens with zero attached hydrogens (tertiary/aromatic N) is 1. The topological polar surface area (TPSA) is 99.7 Å². The Balaban J connectivity index is 2.36. The largest absolute Gasteiger partial charge is 0.409 e. The summed E-state index contributed by atoms with van der Waals surface area (Å²) in [4.78, 5) is 11.4. The van der Waals surface area contributed by atoms with Crippen molar-refractivity contribution in [1.29, 1.82) is 0 Å². The fourth-order valence-electron chi connectivity index (χ4n) is 1.19. The summed E-state index contributed by atoms with van der Waals surface area (Å²) in [5.74, 6) is -0.0418. The van der Waals surface area contributed by atoms with Crippen molar-refractivity contribution >= 4 is 11.9 Å². The van der Waals surface area contributed by atoms with E-state index in [1.54, 1.807) is 6.92 Å². The summed E-state index contributed by atoms with van der Waals surface area (Å²) in [5, 5.41) is 16.4. The minimum absolute atomic E-state index is 0.0418. The third-order valence-electron chi connectivity index (χ3n) is 2.20. The molecule has 1 aromatic rings. The van der Waals surface area contributed by atoms with Gasteiger partial charge in [0.25, 0.3) is 0 Å². The van der Waals surface area contributed by atoms with Crippen LogP contribution in [0.4, 0.5) is 4.79 Å². The van der Waals surface area contributed by atoms with Crippen LogP contribution >= 0.6 is 0 Å². The molecule has 5 N–H and O–H groups in total. The summed E-state index contributed by atoms with van der Waals surface area (Å²) in [6.45, 7) is 2.05. The van der Waals surface area contributed by atoms with E-state index in [0.29, 0.717) is 6.54 Å². The monoisotopic (exact) mass is 236 g/mol. The van der Waals surface area contributed by atoms with Gasteiger partial charge < -0.3 is 21.6 Å². The number of amidine groups is 1. The first-order valence-electron chi connectivity index (χ1n) is 5.19. The van der Waals surface area contributed by atoms with Crippen LogP contribution in [0.1, 0.15) is 12.5 Å². The molecule has 0 aliphatic carbocycles. The summed E-state index contributed by atoms with van der Waals surface area (Å²) >= 11 is 0. The van der Waals surface area contributed by atoms with Crippen LogP contribution < -0.4 is 16.4 Å². The lowest BCUT2D eigenvalue weighted by Crippen LogP contribution is -2.46. The van der Waals surface area contributed by atoms with E-state index in [-0.39, 0.29) is 11.9 Å². The van der Waals surface area contributed by atoms with Crippen molar-refractivity contribution in [2.24, 2.45) is 10.9 Å². The first kappa shape index (κ1) is 12.8. The van der Waals surface area contributed by atoms with Crippen molar-refractivity contribution in [3.63, 3.8) is 0 Å². The van der Waals surface area contributed by atoms with Gasteiger partial charge in [-0.05, 0) is 12.5 Å². The number of benzene rings is 1. The predicted molar refractivity (Wildman–Crippen MR) is 64.7 cm³/mol. The van der Waals surface area contributed by atoms with E-state index in [2.05, 4.69) is 15.8 Å². The minimum atomic E-state index is -0.518. The second-order valence-corrected chi connectivity index (χ2v) is 3.56. The molecule has 17 heavy (non-hydrogen) atoms. The normalized spacial score (nSPS) is 12.9. The van der Waals surface area contributed by atoms with Crippen LogP contribution in [0.5, 0.6) is 0 Å². The molecule has 2 amide bonds. The standard InChI is InChI=1S/C11H16N4O2/c1-8(10(12)15-17)14-11(16)13-7-9-5-3-2-4-6-9/h2-6,8,17H,7H2,1H3,(H2,12,15)(H2,13,14,16). The van der Waals surface area contributed by atoms with E-state index < -0.39 is 6.04 Å². The molecular formula is C11H16N4O2. The van der Waals surface area contributed by atoms with Gasteiger partial charge in [-0.15, -0.1) is 0 Å². The van der Waals surface area contributed by atoms with E-state index in [0.717, 1.165) is 5.56 Å². The van der Waals surface area contributed by atoms with Crippen LogP contribution in [-0.2, 0) is 6.54 Å². The van der Waals surface area contributed by atoms with Crippen LogP contribution in [0.25, 0.3) is 0 Å². The first-order valence-corrected chi connectivity index (χ1v) is 5.19. The number of oxime groups is 1. The number of carbonyl (C=O) groups excluding carboxylic acids is 1. The molecule has 1 atom stereocenters. The third kappa shape index (κ3) is 4.42. The second-order valence-electron chi connectivity index (χ2n) is 3.56. The van der Waals surface area contributed by atoms with Gasteiger partial charge in [-0.25, -0.2) is 4.79 Å². The van der Waals surface area contributed by atoms with Crippen molar-refractivity contribution in [1.82, 2.24) is 10.6 Å². The molecule has 0 bridgehead atoms. The van der Waals surface area contributed by atoms with Gasteiger partial charge in [0, 0.05) is 6.54 Å². The van der Waals surface area contributed by atoms with Gasteiger partial charge in [0.2, 0.25) is 0 Å². The third-order valence-corrected chi connectivity index (χ3v) is 2.20. The van der Waals surface area contributed by atoms with E-state index in [1.807, 2.05) is 30.3 Å². The Morgan fingerprint density at radius 1 is 1.47 bits per heavy atom. The van der Waals surface area contributed by atoms with E-state index in [4.69, 9.17) is 10.9 Å². The molecule has 0 saturated carbocycles. The Morgan fingerprint density at radius 3 is 2.71 bits per heavy atom. The zero-order chi connectivity index (χ0) is 12.7. The van der Waals surface area contributed by atoms with Gasteiger partial charge in [-0.2, -0.15) is 0 Å². The van der Waals surface area contributed by atoms with Gasteiger partial charge in [-0.1, -0.05) is 35.5 Å². The lowest BCUT2D eigenvalue weighted by Gasteiger charge is -2.13. The number of carbonyl (C=O) groups is 1. The van der Waals surface area contributed by atoms with Gasteiger partial charge >= 0.3 is 6.03 Å². The number of rotatable bonds is 4. The number of hydrogen-bond donors (Lipinski definition) is 4. The van der Waals surface area contributed by atoms with Crippen molar-refractivity contribution in [2.75, 3.05) is 0 Å². The van der Waals surface area contributed by atoms with Crippen molar-refractivity contribution in [2.45, 2.75) is 19.5 Å². The van der Waals surface area contributed by atoms with Crippen molar-refractivity contribution in [3.05, 3.63) is 35.9 Å². The van der Waals surface area contributed by atoms with Crippen LogP contribution in [0.2, 0.25) is 0 Å². The van der Waals surface area contributed by atoms with Gasteiger partial charge in [0.15, 0.2) is 5.84 Å². The summed E-state index contributed by atoms with van der Waals surface area (Å²) in [5.41, 5.74) is 6.33. The van der Waals surface area contributed by atoms with E-state index in [9.17, 15) is 4.79 Å². The van der Waals surface area contributed by atoms with Crippen LogP contribution in [-0.4, -0.2) is 23.1 Å². The molecule has 0 saturated heterocycles. The SMILES string of the molecule is CC(NC(=O)NCc1ccccc1)/C(N)=N/O. The molecule has 0 spiro atoms. The van der Waals surface area contributed by atoms with Gasteiger partial charge in [-0.3, -0.25) is 0 Å². The lowest BCUT2D eigenvalue weighted by molar-refractivity contribution is 0.239. The Kier molecular flexibility index (Phi) is 4.80. The molecule has 1 aromatic carbocycles. The summed E-state index contributed by atoms with van der Waals surface area (Å²) in [6, 6.07) is 8.63. The predicted octanol–water partition coefficient (Wildman–Crippen LogP) is 0.621. The maximum absolute atomic E-state index is 11.4. The fraction of sp³-hybridized carbons (Fsp3) is 0.273. The minimum Gasteiger partial charge on any atom is -0.409 e. The van der Waals surface area contributed by atoms with Gasteiger partial charge in [0.05, 0.1) is 6.04 Å². The van der Waals surface area contributed by atoms with Crippen molar-refractivity contribution < 1.29 is 10.0 Å². The summed E-state index contributed by atoms with van der Waals surface area (Å²) in [7, 11) is 0. The number of urea groups is 1. The number of hydrogen-bond acceptors (Lipinski definition) is 3. The average Bonchev–Trinajstić information content (AvgIpc) is 2.36. The fourth-order valence-corrected chi connectivity index (χ4v) is 1.19. The van der Waals surface area contributed by atoms with Crippen molar-refractivity contribution in [3.8, 4) is 0 Å². The molecule has 6 heteroatoms. The highest BCUT2D eigenvalue weighted by molar-refractivity contribution is 5.89. The highest BCUT2D eigenvalue weighted by atomic mass is 16.4. The van der Waals surface area contributed by atoms with Gasteiger partial charge in [0.1, 0.15) is 0 Å². The highest BCUT2D eigenvalue weighted by Gasteiger charge is 2.10. The molecule has 6 nitrogen and oxygen atoms in total. The zero-order valence-corrected chi connectivity index (χ0v) is 9.55. The van der Waals surface area contributed by atoms with Crippen LogP contribution in [0, 0.1) is 0 Å². The zero-order valence-electron chi connectivity index (χ0n) is 9.55. The number of nitrogens with one attached hydrogen (secondary N) is 2. The molecule has 0 radical (unpaired) electrons. The maximum atomic E-state index is 11.4. The highest BCUT2D eigenvalue weighted by Crippen LogP contribution is 1.96. The van der Waals surface area contributed by atoms with Crippen LogP contribution in [0.3, 0.4) is 0 Å². The average molecular weight is 236 g/mol. The first-order chi connectivity index (χ1) is 8.13. The smallest absolute Gasteiger partial charge is 0.315 e. The molecule has 1 unspecified atom stereocenters. The molecular weight excluding hydrogens is 220 g/mol. The summed E-state index contributed by atoms with van der Waals surface area (Å²) < 4.78 is 0.